The highest BCUT2D eigenvalue weighted by Gasteiger charge is 2.24. The second-order valence-electron chi connectivity index (χ2n) is 9.13. The molecule has 1 aromatic rings. The normalized spacial score (nSPS) is 14.1. The lowest BCUT2D eigenvalue weighted by atomic mass is 10.0. The van der Waals surface area contributed by atoms with Crippen LogP contribution >= 0.6 is 0 Å². The van der Waals surface area contributed by atoms with E-state index in [0.717, 1.165) is 19.3 Å². The fourth-order valence-corrected chi connectivity index (χ4v) is 4.91. The van der Waals surface area contributed by atoms with Gasteiger partial charge in [0.15, 0.2) is 11.6 Å². The highest BCUT2D eigenvalue weighted by Crippen LogP contribution is 2.31. The van der Waals surface area contributed by atoms with E-state index in [1.165, 1.54) is 11.0 Å². The van der Waals surface area contributed by atoms with Crippen molar-refractivity contribution in [1.82, 2.24) is 9.62 Å². The van der Waals surface area contributed by atoms with E-state index in [2.05, 4.69) is 4.72 Å². The molecule has 1 aromatic carbocycles. The number of rotatable bonds is 19. The highest BCUT2D eigenvalue weighted by atomic mass is 32.2. The molecule has 0 radical (unpaired) electrons. The van der Waals surface area contributed by atoms with Crippen LogP contribution in [0, 0.1) is 11.7 Å². The first kappa shape index (κ1) is 31.8. The Morgan fingerprint density at radius 2 is 1.89 bits per heavy atom. The van der Waals surface area contributed by atoms with Crippen LogP contribution in [0.2, 0.25) is 0 Å². The molecule has 1 aliphatic rings. The van der Waals surface area contributed by atoms with Crippen LogP contribution in [0.3, 0.4) is 0 Å². The molecule has 0 aromatic heterocycles. The average molecular weight is 561 g/mol. The number of hydrogen-bond acceptors (Lipinski definition) is 8. The van der Waals surface area contributed by atoms with Crippen molar-refractivity contribution < 1.29 is 41.3 Å². The highest BCUT2D eigenvalue weighted by molar-refractivity contribution is 7.89. The van der Waals surface area contributed by atoms with Crippen LogP contribution in [-0.2, 0) is 29.0 Å². The zero-order valence-electron chi connectivity index (χ0n) is 22.6. The minimum absolute atomic E-state index is 0.0101. The van der Waals surface area contributed by atoms with Crippen molar-refractivity contribution in [1.29, 1.82) is 0 Å². The Kier molecular flexibility index (Phi) is 13.8. The molecule has 0 heterocycles. The summed E-state index contributed by atoms with van der Waals surface area (Å²) in [7, 11) is -3.67. The Bertz CT molecular complexity index is 987. The lowest BCUT2D eigenvalue weighted by Gasteiger charge is -2.22. The molecule has 1 aliphatic carbocycles. The molecule has 2 rings (SSSR count). The molecule has 216 valence electrons. The summed E-state index contributed by atoms with van der Waals surface area (Å²) >= 11 is 0. The van der Waals surface area contributed by atoms with E-state index in [-0.39, 0.29) is 57.4 Å². The van der Waals surface area contributed by atoms with Gasteiger partial charge in [-0.2, -0.15) is 0 Å². The summed E-state index contributed by atoms with van der Waals surface area (Å²) in [6, 6.07) is 3.94. The smallest absolute Gasteiger partial charge is 0.411 e. The molecule has 1 amide bonds. The largest absolute Gasteiger partial charge is 0.490 e. The van der Waals surface area contributed by atoms with Gasteiger partial charge in [-0.05, 0) is 63.1 Å². The first-order chi connectivity index (χ1) is 18.2. The first-order valence-corrected chi connectivity index (χ1v) is 14.9. The third-order valence-corrected chi connectivity index (χ3v) is 7.26. The van der Waals surface area contributed by atoms with Crippen LogP contribution in [0.4, 0.5) is 9.18 Å². The molecule has 10 nitrogen and oxygen atoms in total. The van der Waals surface area contributed by atoms with E-state index in [1.54, 1.807) is 26.0 Å². The number of benzene rings is 1. The van der Waals surface area contributed by atoms with Gasteiger partial charge in [0.1, 0.15) is 6.73 Å². The number of halogens is 1. The van der Waals surface area contributed by atoms with Gasteiger partial charge in [-0.15, -0.1) is 0 Å². The molecule has 0 spiro atoms. The Morgan fingerprint density at radius 1 is 1.16 bits per heavy atom. The molecule has 0 bridgehead atoms. The molecule has 0 saturated heterocycles. The van der Waals surface area contributed by atoms with Gasteiger partial charge in [-0.1, -0.05) is 19.4 Å². The van der Waals surface area contributed by atoms with Crippen molar-refractivity contribution in [3.05, 3.63) is 29.6 Å². The number of amides is 1. The van der Waals surface area contributed by atoms with Crippen molar-refractivity contribution in [2.75, 3.05) is 45.5 Å². The van der Waals surface area contributed by atoms with Gasteiger partial charge in [0.25, 0.3) is 0 Å². The van der Waals surface area contributed by atoms with Gasteiger partial charge in [0.05, 0.1) is 32.0 Å². The molecule has 1 fully saturated rings. The molecule has 1 atom stereocenters. The van der Waals surface area contributed by atoms with Crippen molar-refractivity contribution in [3.8, 4) is 5.75 Å². The minimum atomic E-state index is -3.67. The molecule has 0 aliphatic heterocycles. The number of ether oxygens (including phenoxy) is 4. The average Bonchev–Trinajstić information content (AvgIpc) is 3.69. The summed E-state index contributed by atoms with van der Waals surface area (Å²) in [5, 5.41) is 0. The molecule has 12 heteroatoms. The van der Waals surface area contributed by atoms with E-state index in [1.807, 2.05) is 6.92 Å². The number of carbonyl (C=O) groups is 2. The number of esters is 1. The number of nitrogens with zero attached hydrogens (tertiary/aromatic N) is 1. The Morgan fingerprint density at radius 3 is 2.55 bits per heavy atom. The zero-order valence-corrected chi connectivity index (χ0v) is 23.4. The topological polar surface area (TPSA) is 120 Å². The standard InChI is InChI=1S/C26H41FN2O8S/c1-4-8-23(21-11-12-22(27)24(17-21)37-18-20-9-10-20)28-38(32,33)16-7-15-34-19-29(26(31)36-6-3)14-13-25(30)35-5-2/h11-12,17,20,23,28H,4-10,13-16,18-19H2,1-3H3/t23-/m1/s1. The Hall–Kier alpha value is -2.44. The van der Waals surface area contributed by atoms with Crippen molar-refractivity contribution in [2.24, 2.45) is 5.92 Å². The van der Waals surface area contributed by atoms with Crippen LogP contribution in [0.5, 0.6) is 5.75 Å². The van der Waals surface area contributed by atoms with Crippen molar-refractivity contribution in [2.45, 2.75) is 65.3 Å². The van der Waals surface area contributed by atoms with E-state index in [0.29, 0.717) is 24.5 Å². The third kappa shape index (κ3) is 12.0. The molecule has 1 N–H and O–H groups in total. The summed E-state index contributed by atoms with van der Waals surface area (Å²) in [6.45, 7) is 6.15. The fourth-order valence-electron chi connectivity index (χ4n) is 3.61. The van der Waals surface area contributed by atoms with Gasteiger partial charge in [0, 0.05) is 19.2 Å². The lowest BCUT2D eigenvalue weighted by molar-refractivity contribution is -0.143. The fraction of sp³-hybridized carbons (Fsp3) is 0.692. The summed E-state index contributed by atoms with van der Waals surface area (Å²) in [4.78, 5) is 24.9. The predicted octanol–water partition coefficient (Wildman–Crippen LogP) is 4.15. The molecular weight excluding hydrogens is 519 g/mol. The summed E-state index contributed by atoms with van der Waals surface area (Å²) in [5.41, 5.74) is 0.644. The van der Waals surface area contributed by atoms with Crippen LogP contribution in [0.1, 0.15) is 70.9 Å². The Labute approximate surface area is 225 Å². The maximum Gasteiger partial charge on any atom is 0.411 e. The van der Waals surface area contributed by atoms with Crippen LogP contribution in [-0.4, -0.2) is 70.8 Å². The van der Waals surface area contributed by atoms with Gasteiger partial charge in [-0.25, -0.2) is 22.3 Å². The second kappa shape index (κ2) is 16.5. The quantitative estimate of drug-likeness (QED) is 0.152. The first-order valence-electron chi connectivity index (χ1n) is 13.3. The number of hydrogen-bond donors (Lipinski definition) is 1. The van der Waals surface area contributed by atoms with Gasteiger partial charge < -0.3 is 18.9 Å². The molecule has 38 heavy (non-hydrogen) atoms. The van der Waals surface area contributed by atoms with Crippen LogP contribution < -0.4 is 9.46 Å². The zero-order chi connectivity index (χ0) is 28.0. The SMILES string of the molecule is CCC[C@@H](NS(=O)(=O)CCCOCN(CCC(=O)OCC)C(=O)OCC)c1ccc(F)c(OCC2CC2)c1. The maximum atomic E-state index is 14.2. The van der Waals surface area contributed by atoms with E-state index >= 15 is 0 Å². The molecule has 0 unspecified atom stereocenters. The second-order valence-corrected chi connectivity index (χ2v) is 11.0. The number of nitrogens with one attached hydrogen (secondary N) is 1. The van der Waals surface area contributed by atoms with Gasteiger partial charge >= 0.3 is 12.1 Å². The molecular formula is C26H41FN2O8S. The lowest BCUT2D eigenvalue weighted by Crippen LogP contribution is -2.36. The summed E-state index contributed by atoms with van der Waals surface area (Å²) in [6.07, 6.45) is 2.97. The van der Waals surface area contributed by atoms with Crippen LogP contribution in [0.25, 0.3) is 0 Å². The molecule has 1 saturated carbocycles. The van der Waals surface area contributed by atoms with Crippen molar-refractivity contribution in [3.63, 3.8) is 0 Å². The van der Waals surface area contributed by atoms with Crippen molar-refractivity contribution >= 4 is 22.1 Å². The number of carbonyl (C=O) groups excluding carboxylic acids is 2. The van der Waals surface area contributed by atoms with Gasteiger partial charge in [-0.3, -0.25) is 9.69 Å². The predicted molar refractivity (Wildman–Crippen MR) is 140 cm³/mol. The Balaban J connectivity index is 1.86. The monoisotopic (exact) mass is 560 g/mol. The third-order valence-electron chi connectivity index (χ3n) is 5.79. The summed E-state index contributed by atoms with van der Waals surface area (Å²) in [5.74, 6) is -0.502. The maximum absolute atomic E-state index is 14.2. The summed E-state index contributed by atoms with van der Waals surface area (Å²) < 4.78 is 63.4. The van der Waals surface area contributed by atoms with E-state index < -0.39 is 33.9 Å². The minimum Gasteiger partial charge on any atom is -0.490 e. The van der Waals surface area contributed by atoms with E-state index in [9.17, 15) is 22.4 Å². The van der Waals surface area contributed by atoms with Crippen LogP contribution in [0.15, 0.2) is 18.2 Å². The van der Waals surface area contributed by atoms with E-state index in [4.69, 9.17) is 18.9 Å². The van der Waals surface area contributed by atoms with Gasteiger partial charge in [0.2, 0.25) is 10.0 Å². The number of sulfonamides is 1.